The minimum Gasteiger partial charge on any atom is -0.381 e. The summed E-state index contributed by atoms with van der Waals surface area (Å²) in [7, 11) is 1.72. The van der Waals surface area contributed by atoms with Gasteiger partial charge in [-0.05, 0) is 24.1 Å². The lowest BCUT2D eigenvalue weighted by Gasteiger charge is -2.03. The molecule has 0 saturated carbocycles. The first-order chi connectivity index (χ1) is 9.26. The summed E-state index contributed by atoms with van der Waals surface area (Å²) in [6.07, 6.45) is 5.22. The molecule has 0 radical (unpaired) electrons. The van der Waals surface area contributed by atoms with E-state index in [2.05, 4.69) is 58.3 Å². The molecule has 0 spiro atoms. The van der Waals surface area contributed by atoms with Gasteiger partial charge in [-0.2, -0.15) is 0 Å². The molecule has 19 heavy (non-hydrogen) atoms. The predicted octanol–water partition coefficient (Wildman–Crippen LogP) is 5.40. The quantitative estimate of drug-likeness (QED) is 0.800. The maximum Gasteiger partial charge on any atom is 0.0649 e. The van der Waals surface area contributed by atoms with Crippen molar-refractivity contribution in [2.75, 3.05) is 13.7 Å². The van der Waals surface area contributed by atoms with Crippen LogP contribution in [-0.2, 0) is 4.74 Å². The summed E-state index contributed by atoms with van der Waals surface area (Å²) in [5.74, 6) is 0. The second kappa shape index (κ2) is 8.18. The minimum absolute atomic E-state index is 0.659. The maximum absolute atomic E-state index is 5.11. The highest BCUT2D eigenvalue weighted by Gasteiger charge is 2.07. The number of methoxy groups -OCH3 is 1. The Kier molecular flexibility index (Phi) is 6.89. The number of hydrogen-bond acceptors (Lipinski definition) is 1. The van der Waals surface area contributed by atoms with Crippen molar-refractivity contribution in [1.29, 1.82) is 0 Å². The van der Waals surface area contributed by atoms with Crippen molar-refractivity contribution < 1.29 is 4.74 Å². The van der Waals surface area contributed by atoms with E-state index in [9.17, 15) is 0 Å². The predicted molar refractivity (Wildman–Crippen MR) is 87.5 cm³/mol. The first kappa shape index (κ1) is 16.0. The SMILES string of the molecule is CC.CC/C(=C\COC)c1c[nH]c2cc(Br)ccc12. The van der Waals surface area contributed by atoms with Gasteiger partial charge in [0.15, 0.2) is 0 Å². The van der Waals surface area contributed by atoms with E-state index in [1.54, 1.807) is 7.11 Å². The van der Waals surface area contributed by atoms with Gasteiger partial charge in [-0.3, -0.25) is 0 Å². The summed E-state index contributed by atoms with van der Waals surface area (Å²) in [4.78, 5) is 3.31. The Bertz CT molecular complexity index is 543. The summed E-state index contributed by atoms with van der Waals surface area (Å²) in [5, 5.41) is 1.26. The molecule has 2 rings (SSSR count). The highest BCUT2D eigenvalue weighted by Crippen LogP contribution is 2.28. The van der Waals surface area contributed by atoms with Crippen molar-refractivity contribution in [2.45, 2.75) is 27.2 Å². The smallest absolute Gasteiger partial charge is 0.0649 e. The molecule has 3 heteroatoms. The first-order valence-electron chi connectivity index (χ1n) is 6.71. The van der Waals surface area contributed by atoms with Gasteiger partial charge in [-0.25, -0.2) is 0 Å². The molecule has 0 aliphatic carbocycles. The Labute approximate surface area is 124 Å². The molecule has 1 heterocycles. The molecule has 0 bridgehead atoms. The summed E-state index contributed by atoms with van der Waals surface area (Å²) in [5.41, 5.74) is 3.75. The number of benzene rings is 1. The van der Waals surface area contributed by atoms with E-state index >= 15 is 0 Å². The van der Waals surface area contributed by atoms with Crippen LogP contribution in [0.3, 0.4) is 0 Å². The van der Waals surface area contributed by atoms with E-state index in [0.717, 1.165) is 16.4 Å². The van der Waals surface area contributed by atoms with E-state index in [0.29, 0.717) is 6.61 Å². The largest absolute Gasteiger partial charge is 0.381 e. The van der Waals surface area contributed by atoms with E-state index < -0.39 is 0 Å². The number of aromatic amines is 1. The topological polar surface area (TPSA) is 25.0 Å². The van der Waals surface area contributed by atoms with Crippen LogP contribution in [0.1, 0.15) is 32.8 Å². The van der Waals surface area contributed by atoms with Gasteiger partial charge >= 0.3 is 0 Å². The van der Waals surface area contributed by atoms with Crippen LogP contribution in [0.2, 0.25) is 0 Å². The van der Waals surface area contributed by atoms with E-state index in [1.165, 1.54) is 16.5 Å². The summed E-state index contributed by atoms with van der Waals surface area (Å²) < 4.78 is 6.20. The summed E-state index contributed by atoms with van der Waals surface area (Å²) >= 11 is 3.48. The molecule has 0 aliphatic heterocycles. The molecule has 0 amide bonds. The lowest BCUT2D eigenvalue weighted by atomic mass is 10.0. The number of H-pyrrole nitrogens is 1. The molecule has 0 aliphatic rings. The van der Waals surface area contributed by atoms with Crippen LogP contribution in [-0.4, -0.2) is 18.7 Å². The second-order valence-electron chi connectivity index (χ2n) is 3.93. The van der Waals surface area contributed by atoms with Crippen LogP contribution in [0.5, 0.6) is 0 Å². The Morgan fingerprint density at radius 3 is 2.74 bits per heavy atom. The third-order valence-electron chi connectivity index (χ3n) is 2.87. The number of allylic oxidation sites excluding steroid dienone is 1. The number of fused-ring (bicyclic) bond motifs is 1. The molecule has 104 valence electrons. The lowest BCUT2D eigenvalue weighted by molar-refractivity contribution is 0.234. The summed E-state index contributed by atoms with van der Waals surface area (Å²) in [6.45, 7) is 6.82. The first-order valence-corrected chi connectivity index (χ1v) is 7.50. The van der Waals surface area contributed by atoms with Crippen LogP contribution in [0, 0.1) is 0 Å². The van der Waals surface area contributed by atoms with Crippen molar-refractivity contribution in [3.63, 3.8) is 0 Å². The molecule has 0 unspecified atom stereocenters. The van der Waals surface area contributed by atoms with E-state index in [-0.39, 0.29) is 0 Å². The standard InChI is InChI=1S/C14H16BrNO.C2H6/c1-3-10(6-7-17-2)13-9-16-14-8-11(15)4-5-12(13)14;1-2/h4-6,8-9,16H,3,7H2,1-2H3;1-2H3/b10-6+;. The van der Waals surface area contributed by atoms with Crippen molar-refractivity contribution in [3.05, 3.63) is 40.5 Å². The molecule has 1 aromatic carbocycles. The molecule has 2 aromatic rings. The number of hydrogen-bond donors (Lipinski definition) is 1. The highest BCUT2D eigenvalue weighted by molar-refractivity contribution is 9.10. The van der Waals surface area contributed by atoms with Gasteiger partial charge in [0.05, 0.1) is 6.61 Å². The normalized spacial score (nSPS) is 11.3. The van der Waals surface area contributed by atoms with Gasteiger partial charge in [-0.1, -0.05) is 48.8 Å². The van der Waals surface area contributed by atoms with E-state index in [1.807, 2.05) is 13.8 Å². The Hall–Kier alpha value is -1.06. The van der Waals surface area contributed by atoms with Gasteiger partial charge in [0.25, 0.3) is 0 Å². The van der Waals surface area contributed by atoms with Gasteiger partial charge in [-0.15, -0.1) is 0 Å². The summed E-state index contributed by atoms with van der Waals surface area (Å²) in [6, 6.07) is 6.31. The average Bonchev–Trinajstić information content (AvgIpc) is 2.85. The van der Waals surface area contributed by atoms with Gasteiger partial charge in [0.2, 0.25) is 0 Å². The zero-order chi connectivity index (χ0) is 14.3. The number of ether oxygens (including phenoxy) is 1. The Balaban J connectivity index is 0.000000861. The maximum atomic E-state index is 5.11. The van der Waals surface area contributed by atoms with Crippen molar-refractivity contribution in [2.24, 2.45) is 0 Å². The molecule has 0 atom stereocenters. The molecule has 1 aromatic heterocycles. The van der Waals surface area contributed by atoms with Gasteiger partial charge in [0, 0.05) is 34.2 Å². The van der Waals surface area contributed by atoms with E-state index in [4.69, 9.17) is 4.74 Å². The third kappa shape index (κ3) is 3.95. The minimum atomic E-state index is 0.659. The lowest BCUT2D eigenvalue weighted by Crippen LogP contribution is -1.87. The molecule has 2 nitrogen and oxygen atoms in total. The fourth-order valence-electron chi connectivity index (χ4n) is 1.99. The fourth-order valence-corrected chi connectivity index (χ4v) is 2.35. The number of nitrogens with one attached hydrogen (secondary N) is 1. The van der Waals surface area contributed by atoms with Gasteiger partial charge < -0.3 is 9.72 Å². The van der Waals surface area contributed by atoms with Crippen LogP contribution in [0.25, 0.3) is 16.5 Å². The fraction of sp³-hybridized carbons (Fsp3) is 0.375. The van der Waals surface area contributed by atoms with Crippen LogP contribution >= 0.6 is 15.9 Å². The van der Waals surface area contributed by atoms with Crippen LogP contribution in [0.15, 0.2) is 34.9 Å². The van der Waals surface area contributed by atoms with Crippen LogP contribution in [0.4, 0.5) is 0 Å². The molecule has 0 fully saturated rings. The third-order valence-corrected chi connectivity index (χ3v) is 3.36. The number of aromatic nitrogens is 1. The Morgan fingerprint density at radius 2 is 2.11 bits per heavy atom. The van der Waals surface area contributed by atoms with Crippen molar-refractivity contribution >= 4 is 32.4 Å². The average molecular weight is 324 g/mol. The number of rotatable bonds is 4. The number of halogens is 1. The highest BCUT2D eigenvalue weighted by atomic mass is 79.9. The molecule has 0 saturated heterocycles. The zero-order valence-corrected chi connectivity index (χ0v) is 13.7. The second-order valence-corrected chi connectivity index (χ2v) is 4.85. The zero-order valence-electron chi connectivity index (χ0n) is 12.1. The monoisotopic (exact) mass is 323 g/mol. The molecular weight excluding hydrogens is 302 g/mol. The van der Waals surface area contributed by atoms with Crippen molar-refractivity contribution in [1.82, 2.24) is 4.98 Å². The van der Waals surface area contributed by atoms with Crippen molar-refractivity contribution in [3.8, 4) is 0 Å². The molecule has 1 N–H and O–H groups in total. The van der Waals surface area contributed by atoms with Crippen LogP contribution < -0.4 is 0 Å². The molecular formula is C16H22BrNO. The Morgan fingerprint density at radius 1 is 1.37 bits per heavy atom. The van der Waals surface area contributed by atoms with Gasteiger partial charge in [0.1, 0.15) is 0 Å².